The van der Waals surface area contributed by atoms with Crippen molar-refractivity contribution in [1.29, 1.82) is 0 Å². The third kappa shape index (κ3) is 4.95. The lowest BCUT2D eigenvalue weighted by Gasteiger charge is -2.34. The Morgan fingerprint density at radius 3 is 2.41 bits per heavy atom. The highest BCUT2D eigenvalue weighted by Crippen LogP contribution is 2.29. The van der Waals surface area contributed by atoms with Gasteiger partial charge in [-0.05, 0) is 63.1 Å². The van der Waals surface area contributed by atoms with E-state index in [9.17, 15) is 9.59 Å². The van der Waals surface area contributed by atoms with Gasteiger partial charge >= 0.3 is 0 Å². The molecule has 2 aliphatic rings. The van der Waals surface area contributed by atoms with Crippen LogP contribution in [-0.2, 0) is 4.79 Å². The molecule has 0 aromatic heterocycles. The first-order valence-electron chi connectivity index (χ1n) is 10.1. The summed E-state index contributed by atoms with van der Waals surface area (Å²) in [6.07, 6.45) is 5.63. The topological polar surface area (TPSA) is 52.7 Å². The number of anilines is 2. The molecular weight excluding hydrogens is 362 g/mol. The fourth-order valence-corrected chi connectivity index (χ4v) is 3.87. The van der Waals surface area contributed by atoms with Crippen LogP contribution in [-0.4, -0.2) is 48.3 Å². The van der Waals surface area contributed by atoms with Gasteiger partial charge in [-0.15, -0.1) is 11.6 Å². The van der Waals surface area contributed by atoms with E-state index in [4.69, 9.17) is 11.6 Å². The molecule has 2 aliphatic heterocycles. The Balaban J connectivity index is 1.88. The van der Waals surface area contributed by atoms with Crippen molar-refractivity contribution < 1.29 is 9.59 Å². The molecule has 27 heavy (non-hydrogen) atoms. The van der Waals surface area contributed by atoms with Gasteiger partial charge in [0.1, 0.15) is 5.38 Å². The van der Waals surface area contributed by atoms with E-state index in [0.29, 0.717) is 17.2 Å². The number of hydrogen-bond donors (Lipinski definition) is 1. The summed E-state index contributed by atoms with van der Waals surface area (Å²) < 4.78 is 0. The molecule has 2 fully saturated rings. The number of rotatable bonds is 4. The number of piperidine rings is 2. The lowest BCUT2D eigenvalue weighted by molar-refractivity contribution is -0.115. The van der Waals surface area contributed by atoms with E-state index in [-0.39, 0.29) is 11.8 Å². The summed E-state index contributed by atoms with van der Waals surface area (Å²) in [5, 5.41) is 2.20. The predicted octanol–water partition coefficient (Wildman–Crippen LogP) is 4.11. The third-order valence-electron chi connectivity index (χ3n) is 5.62. The summed E-state index contributed by atoms with van der Waals surface area (Å²) in [5.41, 5.74) is 2.30. The molecule has 0 aliphatic carbocycles. The van der Waals surface area contributed by atoms with Crippen LogP contribution < -0.4 is 10.2 Å². The highest BCUT2D eigenvalue weighted by Gasteiger charge is 2.26. The van der Waals surface area contributed by atoms with Gasteiger partial charge in [0.05, 0.1) is 5.56 Å². The molecule has 5 nitrogen and oxygen atoms in total. The van der Waals surface area contributed by atoms with Crippen LogP contribution >= 0.6 is 11.6 Å². The van der Waals surface area contributed by atoms with E-state index < -0.39 is 5.38 Å². The molecule has 2 amide bonds. The van der Waals surface area contributed by atoms with Crippen LogP contribution in [0.1, 0.15) is 56.3 Å². The molecule has 1 aromatic carbocycles. The van der Waals surface area contributed by atoms with Crippen LogP contribution in [0.3, 0.4) is 0 Å². The monoisotopic (exact) mass is 391 g/mol. The SMILES string of the molecule is CC1CCN(C(=O)c2cc(NC(=O)[C@@H](C)Cl)ccc2N2CCCCC2)CC1. The number of carbonyl (C=O) groups excluding carboxylic acids is 2. The van der Waals surface area contributed by atoms with Gasteiger partial charge in [-0.25, -0.2) is 0 Å². The molecule has 6 heteroatoms. The number of nitrogens with zero attached hydrogens (tertiary/aromatic N) is 2. The molecule has 148 valence electrons. The van der Waals surface area contributed by atoms with E-state index in [1.165, 1.54) is 6.42 Å². The number of nitrogens with one attached hydrogen (secondary N) is 1. The molecule has 0 unspecified atom stereocenters. The highest BCUT2D eigenvalue weighted by molar-refractivity contribution is 6.32. The van der Waals surface area contributed by atoms with Gasteiger partial charge < -0.3 is 15.1 Å². The second-order valence-corrected chi connectivity index (χ2v) is 8.51. The van der Waals surface area contributed by atoms with Gasteiger partial charge in [0.25, 0.3) is 5.91 Å². The minimum absolute atomic E-state index is 0.0671. The number of benzene rings is 1. The van der Waals surface area contributed by atoms with Crippen LogP contribution in [0.25, 0.3) is 0 Å². The van der Waals surface area contributed by atoms with E-state index >= 15 is 0 Å². The molecular formula is C21H30ClN3O2. The molecule has 0 radical (unpaired) electrons. The first kappa shape index (κ1) is 20.0. The first-order valence-corrected chi connectivity index (χ1v) is 10.5. The van der Waals surface area contributed by atoms with Crippen LogP contribution in [0.2, 0.25) is 0 Å². The zero-order chi connectivity index (χ0) is 19.4. The largest absolute Gasteiger partial charge is 0.371 e. The predicted molar refractivity (Wildman–Crippen MR) is 111 cm³/mol. The lowest BCUT2D eigenvalue weighted by Crippen LogP contribution is -2.39. The number of alkyl halides is 1. The zero-order valence-electron chi connectivity index (χ0n) is 16.3. The Morgan fingerprint density at radius 2 is 1.78 bits per heavy atom. The average Bonchev–Trinajstić information content (AvgIpc) is 2.68. The van der Waals surface area contributed by atoms with Crippen LogP contribution in [0.15, 0.2) is 18.2 Å². The molecule has 0 saturated carbocycles. The van der Waals surface area contributed by atoms with Crippen molar-refractivity contribution >= 4 is 34.8 Å². The van der Waals surface area contributed by atoms with Gasteiger partial charge in [-0.2, -0.15) is 0 Å². The number of halogens is 1. The quantitative estimate of drug-likeness (QED) is 0.785. The van der Waals surface area contributed by atoms with Gasteiger partial charge in [0.15, 0.2) is 0 Å². The van der Waals surface area contributed by atoms with Gasteiger partial charge in [-0.3, -0.25) is 9.59 Å². The molecule has 1 N–H and O–H groups in total. The number of carbonyl (C=O) groups is 2. The number of hydrogen-bond acceptors (Lipinski definition) is 3. The summed E-state index contributed by atoms with van der Waals surface area (Å²) in [5.74, 6) is 0.483. The van der Waals surface area contributed by atoms with Crippen molar-refractivity contribution in [3.8, 4) is 0 Å². The smallest absolute Gasteiger partial charge is 0.256 e. The Labute approximate surface area is 167 Å². The summed E-state index contributed by atoms with van der Waals surface area (Å²) in [6.45, 7) is 7.43. The van der Waals surface area contributed by atoms with E-state index in [1.807, 2.05) is 23.1 Å². The second-order valence-electron chi connectivity index (χ2n) is 7.86. The third-order valence-corrected chi connectivity index (χ3v) is 5.82. The summed E-state index contributed by atoms with van der Waals surface area (Å²) in [7, 11) is 0. The maximum Gasteiger partial charge on any atom is 0.256 e. The Bertz CT molecular complexity index is 678. The Morgan fingerprint density at radius 1 is 1.11 bits per heavy atom. The molecule has 0 spiro atoms. The Kier molecular flexibility index (Phi) is 6.64. The van der Waals surface area contributed by atoms with Gasteiger partial charge in [0, 0.05) is 37.6 Å². The summed E-state index contributed by atoms with van der Waals surface area (Å²) in [4.78, 5) is 29.5. The van der Waals surface area contributed by atoms with Crippen molar-refractivity contribution in [1.82, 2.24) is 4.90 Å². The van der Waals surface area contributed by atoms with E-state index in [0.717, 1.165) is 57.5 Å². The molecule has 1 atom stereocenters. The molecule has 2 heterocycles. The summed E-state index contributed by atoms with van der Waals surface area (Å²) >= 11 is 5.87. The van der Waals surface area contributed by atoms with Crippen molar-refractivity contribution in [2.24, 2.45) is 5.92 Å². The first-order chi connectivity index (χ1) is 13.0. The average molecular weight is 392 g/mol. The van der Waals surface area contributed by atoms with Gasteiger partial charge in [0.2, 0.25) is 5.91 Å². The highest BCUT2D eigenvalue weighted by atomic mass is 35.5. The fraction of sp³-hybridized carbons (Fsp3) is 0.619. The lowest BCUT2D eigenvalue weighted by atomic mass is 9.98. The number of likely N-dealkylation sites (tertiary alicyclic amines) is 1. The van der Waals surface area contributed by atoms with E-state index in [2.05, 4.69) is 17.1 Å². The maximum absolute atomic E-state index is 13.3. The fourth-order valence-electron chi connectivity index (χ4n) is 3.82. The van der Waals surface area contributed by atoms with Crippen LogP contribution in [0.4, 0.5) is 11.4 Å². The Hall–Kier alpha value is -1.75. The number of amides is 2. The van der Waals surface area contributed by atoms with Crippen molar-refractivity contribution in [3.05, 3.63) is 23.8 Å². The maximum atomic E-state index is 13.3. The normalized spacial score (nSPS) is 19.7. The van der Waals surface area contributed by atoms with E-state index in [1.54, 1.807) is 6.92 Å². The summed E-state index contributed by atoms with van der Waals surface area (Å²) in [6, 6.07) is 5.66. The minimum atomic E-state index is -0.616. The molecule has 0 bridgehead atoms. The zero-order valence-corrected chi connectivity index (χ0v) is 17.1. The molecule has 3 rings (SSSR count). The van der Waals surface area contributed by atoms with Crippen molar-refractivity contribution in [2.75, 3.05) is 36.4 Å². The van der Waals surface area contributed by atoms with Crippen molar-refractivity contribution in [2.45, 2.75) is 51.3 Å². The van der Waals surface area contributed by atoms with Crippen molar-refractivity contribution in [3.63, 3.8) is 0 Å². The standard InChI is InChI=1S/C21H30ClN3O2/c1-15-8-12-25(13-9-15)21(27)18-14-17(23-20(26)16(2)22)6-7-19(18)24-10-4-3-5-11-24/h6-7,14-16H,3-5,8-13H2,1-2H3,(H,23,26)/t16-/m1/s1. The minimum Gasteiger partial charge on any atom is -0.371 e. The van der Waals surface area contributed by atoms with Crippen LogP contribution in [0.5, 0.6) is 0 Å². The van der Waals surface area contributed by atoms with Crippen LogP contribution in [0, 0.1) is 5.92 Å². The molecule has 1 aromatic rings. The van der Waals surface area contributed by atoms with Gasteiger partial charge in [-0.1, -0.05) is 6.92 Å². The second kappa shape index (κ2) is 8.96. The molecule has 2 saturated heterocycles.